The topological polar surface area (TPSA) is 98.2 Å². The largest absolute Gasteiger partial charge is 0.398 e. The summed E-state index contributed by atoms with van der Waals surface area (Å²) in [5.41, 5.74) is 10.7. The van der Waals surface area contributed by atoms with Gasteiger partial charge in [0.05, 0.1) is 10.7 Å². The van der Waals surface area contributed by atoms with Crippen LogP contribution >= 0.6 is 11.6 Å². The third kappa shape index (κ3) is 2.37. The normalized spacial score (nSPS) is 9.50. The summed E-state index contributed by atoms with van der Waals surface area (Å²) in [6, 6.07) is 3.35. The van der Waals surface area contributed by atoms with E-state index in [1.54, 1.807) is 0 Å². The maximum Gasteiger partial charge on any atom is 0.319 e. The molecule has 14 heavy (non-hydrogen) atoms. The minimum Gasteiger partial charge on any atom is -0.398 e. The van der Waals surface area contributed by atoms with E-state index in [-0.39, 0.29) is 11.3 Å². The SMILES string of the molecule is NC(=O)NC(=O)c1ccc(Cl)c(N)c1. The molecule has 0 saturated heterocycles. The first-order valence-electron chi connectivity index (χ1n) is 3.66. The van der Waals surface area contributed by atoms with Crippen molar-refractivity contribution in [2.45, 2.75) is 0 Å². The fraction of sp³-hybridized carbons (Fsp3) is 0. The van der Waals surface area contributed by atoms with E-state index in [9.17, 15) is 9.59 Å². The van der Waals surface area contributed by atoms with Gasteiger partial charge in [-0.2, -0.15) is 0 Å². The average molecular weight is 214 g/mol. The average Bonchev–Trinajstić information content (AvgIpc) is 2.08. The molecule has 1 rings (SSSR count). The van der Waals surface area contributed by atoms with Crippen LogP contribution in [0.15, 0.2) is 18.2 Å². The molecule has 5 N–H and O–H groups in total. The molecule has 0 atom stereocenters. The molecule has 74 valence electrons. The third-order valence-electron chi connectivity index (χ3n) is 1.49. The van der Waals surface area contributed by atoms with Crippen LogP contribution in [-0.2, 0) is 0 Å². The second-order valence-corrected chi connectivity index (χ2v) is 2.96. The molecule has 5 nitrogen and oxygen atoms in total. The molecular formula is C8H8ClN3O2. The fourth-order valence-electron chi connectivity index (χ4n) is 0.869. The zero-order valence-electron chi connectivity index (χ0n) is 7.08. The van der Waals surface area contributed by atoms with Crippen molar-refractivity contribution < 1.29 is 9.59 Å². The van der Waals surface area contributed by atoms with E-state index in [2.05, 4.69) is 0 Å². The van der Waals surface area contributed by atoms with E-state index in [1.807, 2.05) is 5.32 Å². The van der Waals surface area contributed by atoms with Gasteiger partial charge in [-0.3, -0.25) is 10.1 Å². The fourth-order valence-corrected chi connectivity index (χ4v) is 0.987. The Kier molecular flexibility index (Phi) is 2.93. The molecule has 0 aromatic heterocycles. The number of carbonyl (C=O) groups is 2. The van der Waals surface area contributed by atoms with Gasteiger partial charge in [0.15, 0.2) is 0 Å². The first-order chi connectivity index (χ1) is 6.50. The summed E-state index contributed by atoms with van der Waals surface area (Å²) >= 11 is 5.64. The zero-order chi connectivity index (χ0) is 10.7. The van der Waals surface area contributed by atoms with Crippen molar-refractivity contribution in [1.29, 1.82) is 0 Å². The molecule has 3 amide bonds. The number of halogens is 1. The maximum absolute atomic E-state index is 11.2. The first-order valence-corrected chi connectivity index (χ1v) is 4.04. The molecule has 0 aliphatic rings. The van der Waals surface area contributed by atoms with Crippen LogP contribution in [0.2, 0.25) is 5.02 Å². The van der Waals surface area contributed by atoms with Gasteiger partial charge in [-0.1, -0.05) is 11.6 Å². The number of rotatable bonds is 1. The number of hydrogen-bond donors (Lipinski definition) is 3. The number of nitrogen functional groups attached to an aromatic ring is 1. The molecule has 0 heterocycles. The van der Waals surface area contributed by atoms with Gasteiger partial charge in [0.2, 0.25) is 0 Å². The molecular weight excluding hydrogens is 206 g/mol. The maximum atomic E-state index is 11.2. The summed E-state index contributed by atoms with van der Waals surface area (Å²) in [6.45, 7) is 0. The summed E-state index contributed by atoms with van der Waals surface area (Å²) in [4.78, 5) is 21.6. The predicted octanol–water partition coefficient (Wildman–Crippen LogP) is 0.731. The van der Waals surface area contributed by atoms with Crippen molar-refractivity contribution in [3.05, 3.63) is 28.8 Å². The van der Waals surface area contributed by atoms with E-state index >= 15 is 0 Å². The summed E-state index contributed by atoms with van der Waals surface area (Å²) in [6.07, 6.45) is 0. The molecule has 0 spiro atoms. The molecule has 0 bridgehead atoms. The number of imide groups is 1. The highest BCUT2D eigenvalue weighted by Gasteiger charge is 2.08. The number of nitrogens with one attached hydrogen (secondary N) is 1. The van der Waals surface area contributed by atoms with E-state index in [1.165, 1.54) is 18.2 Å². The van der Waals surface area contributed by atoms with Crippen LogP contribution in [0.4, 0.5) is 10.5 Å². The molecule has 1 aromatic rings. The van der Waals surface area contributed by atoms with Gasteiger partial charge in [0.25, 0.3) is 5.91 Å². The van der Waals surface area contributed by atoms with Crippen molar-refractivity contribution >= 4 is 29.2 Å². The number of nitrogens with two attached hydrogens (primary N) is 2. The van der Waals surface area contributed by atoms with Gasteiger partial charge in [-0.05, 0) is 18.2 Å². The Bertz CT molecular complexity index is 392. The molecule has 0 aliphatic carbocycles. The van der Waals surface area contributed by atoms with E-state index < -0.39 is 11.9 Å². The first kappa shape index (κ1) is 10.3. The summed E-state index contributed by atoms with van der Waals surface area (Å²) in [7, 11) is 0. The lowest BCUT2D eigenvalue weighted by Crippen LogP contribution is -2.34. The van der Waals surface area contributed by atoms with Crippen LogP contribution in [0.25, 0.3) is 0 Å². The lowest BCUT2D eigenvalue weighted by atomic mass is 10.2. The highest BCUT2D eigenvalue weighted by molar-refractivity contribution is 6.33. The molecule has 0 saturated carbocycles. The summed E-state index contributed by atoms with van der Waals surface area (Å²) < 4.78 is 0. The van der Waals surface area contributed by atoms with Crippen molar-refractivity contribution in [3.8, 4) is 0 Å². The standard InChI is InChI=1S/C8H8ClN3O2/c9-5-2-1-4(3-6(5)10)7(13)12-8(11)14/h1-3H,10H2,(H3,11,12,13,14). The number of urea groups is 1. The van der Waals surface area contributed by atoms with Crippen molar-refractivity contribution in [3.63, 3.8) is 0 Å². The van der Waals surface area contributed by atoms with Gasteiger partial charge in [-0.15, -0.1) is 0 Å². The van der Waals surface area contributed by atoms with Gasteiger partial charge in [0, 0.05) is 5.56 Å². The van der Waals surface area contributed by atoms with Crippen LogP contribution in [0.1, 0.15) is 10.4 Å². The summed E-state index contributed by atoms with van der Waals surface area (Å²) in [5, 5.41) is 2.25. The Morgan fingerprint density at radius 3 is 2.50 bits per heavy atom. The molecule has 0 fully saturated rings. The van der Waals surface area contributed by atoms with Crippen LogP contribution in [0.3, 0.4) is 0 Å². The highest BCUT2D eigenvalue weighted by atomic mass is 35.5. The van der Waals surface area contributed by atoms with Gasteiger partial charge < -0.3 is 11.5 Å². The Morgan fingerprint density at radius 1 is 1.36 bits per heavy atom. The lowest BCUT2D eigenvalue weighted by Gasteiger charge is -2.02. The highest BCUT2D eigenvalue weighted by Crippen LogP contribution is 2.19. The smallest absolute Gasteiger partial charge is 0.319 e. The number of primary amides is 1. The Hall–Kier alpha value is -1.75. The number of amides is 3. The minimum absolute atomic E-state index is 0.228. The number of hydrogen-bond acceptors (Lipinski definition) is 3. The molecule has 0 radical (unpaired) electrons. The second-order valence-electron chi connectivity index (χ2n) is 2.55. The quantitative estimate of drug-likeness (QED) is 0.600. The van der Waals surface area contributed by atoms with Crippen molar-refractivity contribution in [2.24, 2.45) is 5.73 Å². The Labute approximate surface area is 85.0 Å². The van der Waals surface area contributed by atoms with E-state index in [4.69, 9.17) is 23.1 Å². The van der Waals surface area contributed by atoms with Crippen molar-refractivity contribution in [2.75, 3.05) is 5.73 Å². The van der Waals surface area contributed by atoms with Crippen LogP contribution in [0.5, 0.6) is 0 Å². The Balaban J connectivity index is 2.91. The second kappa shape index (κ2) is 3.97. The van der Waals surface area contributed by atoms with Crippen LogP contribution < -0.4 is 16.8 Å². The van der Waals surface area contributed by atoms with Crippen LogP contribution in [0, 0.1) is 0 Å². The number of benzene rings is 1. The molecule has 6 heteroatoms. The van der Waals surface area contributed by atoms with Gasteiger partial charge in [-0.25, -0.2) is 4.79 Å². The van der Waals surface area contributed by atoms with E-state index in [0.29, 0.717) is 5.02 Å². The monoisotopic (exact) mass is 213 g/mol. The molecule has 0 unspecified atom stereocenters. The zero-order valence-corrected chi connectivity index (χ0v) is 7.84. The van der Waals surface area contributed by atoms with E-state index in [0.717, 1.165) is 0 Å². The Morgan fingerprint density at radius 2 is 2.00 bits per heavy atom. The van der Waals surface area contributed by atoms with Gasteiger partial charge in [0.1, 0.15) is 0 Å². The number of anilines is 1. The third-order valence-corrected chi connectivity index (χ3v) is 1.84. The minimum atomic E-state index is -0.913. The lowest BCUT2D eigenvalue weighted by molar-refractivity contribution is 0.0966. The predicted molar refractivity (Wildman–Crippen MR) is 52.9 cm³/mol. The molecule has 1 aromatic carbocycles. The van der Waals surface area contributed by atoms with Gasteiger partial charge >= 0.3 is 6.03 Å². The van der Waals surface area contributed by atoms with Crippen LogP contribution in [-0.4, -0.2) is 11.9 Å². The van der Waals surface area contributed by atoms with Crippen molar-refractivity contribution in [1.82, 2.24) is 5.32 Å². The summed E-state index contributed by atoms with van der Waals surface area (Å²) in [5.74, 6) is -0.610. The number of carbonyl (C=O) groups excluding carboxylic acids is 2. The molecule has 0 aliphatic heterocycles.